The van der Waals surface area contributed by atoms with Gasteiger partial charge in [-0.3, -0.25) is 4.90 Å². The predicted octanol–water partition coefficient (Wildman–Crippen LogP) is 3.65. The van der Waals surface area contributed by atoms with E-state index in [1.54, 1.807) is 12.1 Å². The van der Waals surface area contributed by atoms with Gasteiger partial charge in [-0.1, -0.05) is 0 Å². The summed E-state index contributed by atoms with van der Waals surface area (Å²) in [5, 5.41) is 9.77. The summed E-state index contributed by atoms with van der Waals surface area (Å²) >= 11 is 3.27. The largest absolute Gasteiger partial charge is 0.493 e. The standard InChI is InChI=1S/C16H22BrF2NO3/c1-10(21)12-4-3-5-20(9-12)8-11-6-13(17)15(23-16(18)19)14(7-11)22-2/h6-7,10,12,16,21H,3-5,8-9H2,1-2H3/t10-,12-/m1/s1. The van der Waals surface area contributed by atoms with Crippen molar-refractivity contribution >= 4 is 15.9 Å². The number of nitrogens with zero attached hydrogens (tertiary/aromatic N) is 1. The molecule has 23 heavy (non-hydrogen) atoms. The number of likely N-dealkylation sites (tertiary alicyclic amines) is 1. The van der Waals surface area contributed by atoms with E-state index in [1.807, 2.05) is 6.92 Å². The number of aliphatic hydroxyl groups is 1. The molecular formula is C16H22BrF2NO3. The summed E-state index contributed by atoms with van der Waals surface area (Å²) < 4.78 is 35.1. The summed E-state index contributed by atoms with van der Waals surface area (Å²) in [6.45, 7) is 1.38. The van der Waals surface area contributed by atoms with Crippen molar-refractivity contribution in [2.45, 2.75) is 39.0 Å². The zero-order valence-electron chi connectivity index (χ0n) is 13.3. The van der Waals surface area contributed by atoms with E-state index in [0.29, 0.717) is 11.0 Å². The minimum atomic E-state index is -2.90. The molecule has 0 amide bonds. The first-order chi connectivity index (χ1) is 10.9. The highest BCUT2D eigenvalue weighted by molar-refractivity contribution is 9.10. The van der Waals surface area contributed by atoms with Gasteiger partial charge in [0.2, 0.25) is 0 Å². The van der Waals surface area contributed by atoms with Crippen molar-refractivity contribution < 1.29 is 23.4 Å². The average Bonchev–Trinajstić information content (AvgIpc) is 2.49. The molecular weight excluding hydrogens is 372 g/mol. The smallest absolute Gasteiger partial charge is 0.387 e. The van der Waals surface area contributed by atoms with Gasteiger partial charge >= 0.3 is 6.61 Å². The third kappa shape index (κ3) is 5.02. The normalized spacial score (nSPS) is 20.6. The third-order valence-corrected chi connectivity index (χ3v) is 4.72. The van der Waals surface area contributed by atoms with Gasteiger partial charge in [-0.05, 0) is 65.9 Å². The van der Waals surface area contributed by atoms with Gasteiger partial charge in [-0.2, -0.15) is 8.78 Å². The van der Waals surface area contributed by atoms with Crippen molar-refractivity contribution in [1.82, 2.24) is 4.90 Å². The van der Waals surface area contributed by atoms with Crippen LogP contribution in [0, 0.1) is 5.92 Å². The van der Waals surface area contributed by atoms with E-state index in [2.05, 4.69) is 25.6 Å². The zero-order chi connectivity index (χ0) is 17.0. The molecule has 1 aromatic rings. The molecule has 1 aliphatic rings. The maximum Gasteiger partial charge on any atom is 0.387 e. The topological polar surface area (TPSA) is 41.9 Å². The van der Waals surface area contributed by atoms with Crippen LogP contribution in [0.4, 0.5) is 8.78 Å². The molecule has 2 rings (SSSR count). The quantitative estimate of drug-likeness (QED) is 0.800. The second kappa shape index (κ2) is 8.26. The van der Waals surface area contributed by atoms with Crippen molar-refractivity contribution in [2.75, 3.05) is 20.2 Å². The molecule has 1 N–H and O–H groups in total. The fraction of sp³-hybridized carbons (Fsp3) is 0.625. The monoisotopic (exact) mass is 393 g/mol. The average molecular weight is 394 g/mol. The summed E-state index contributed by atoms with van der Waals surface area (Å²) in [7, 11) is 1.42. The van der Waals surface area contributed by atoms with Crippen LogP contribution >= 0.6 is 15.9 Å². The lowest BCUT2D eigenvalue weighted by atomic mass is 9.93. The molecule has 0 radical (unpaired) electrons. The summed E-state index contributed by atoms with van der Waals surface area (Å²) in [6, 6.07) is 3.49. The fourth-order valence-corrected chi connectivity index (χ4v) is 3.54. The van der Waals surface area contributed by atoms with Crippen LogP contribution in [0.15, 0.2) is 16.6 Å². The summed E-state index contributed by atoms with van der Waals surface area (Å²) in [6.07, 6.45) is 1.75. The van der Waals surface area contributed by atoms with Crippen LogP contribution in [0.1, 0.15) is 25.3 Å². The molecule has 2 atom stereocenters. The van der Waals surface area contributed by atoms with Crippen LogP contribution in [0.2, 0.25) is 0 Å². The molecule has 0 bridgehead atoms. The molecule has 0 aromatic heterocycles. The van der Waals surface area contributed by atoms with Crippen molar-refractivity contribution in [2.24, 2.45) is 5.92 Å². The minimum Gasteiger partial charge on any atom is -0.493 e. The van der Waals surface area contributed by atoms with E-state index in [1.165, 1.54) is 7.11 Å². The molecule has 0 spiro atoms. The first-order valence-electron chi connectivity index (χ1n) is 7.62. The number of ether oxygens (including phenoxy) is 2. The fourth-order valence-electron chi connectivity index (χ4n) is 2.95. The first-order valence-corrected chi connectivity index (χ1v) is 8.41. The molecule has 0 aliphatic carbocycles. The van der Waals surface area contributed by atoms with Crippen LogP contribution in [0.25, 0.3) is 0 Å². The van der Waals surface area contributed by atoms with Crippen LogP contribution in [-0.4, -0.2) is 42.9 Å². The van der Waals surface area contributed by atoms with E-state index >= 15 is 0 Å². The van der Waals surface area contributed by atoms with Gasteiger partial charge < -0.3 is 14.6 Å². The van der Waals surface area contributed by atoms with Crippen LogP contribution < -0.4 is 9.47 Å². The zero-order valence-corrected chi connectivity index (χ0v) is 14.9. The lowest BCUT2D eigenvalue weighted by Gasteiger charge is -2.34. The van der Waals surface area contributed by atoms with Gasteiger partial charge in [-0.15, -0.1) is 0 Å². The van der Waals surface area contributed by atoms with Crippen LogP contribution in [-0.2, 0) is 6.54 Å². The molecule has 1 aromatic carbocycles. The van der Waals surface area contributed by atoms with Crippen molar-refractivity contribution in [3.8, 4) is 11.5 Å². The molecule has 1 aliphatic heterocycles. The Hall–Kier alpha value is -0.920. The molecule has 130 valence electrons. The summed E-state index contributed by atoms with van der Waals surface area (Å²) in [4.78, 5) is 2.26. The summed E-state index contributed by atoms with van der Waals surface area (Å²) in [5.41, 5.74) is 0.946. The first kappa shape index (κ1) is 18.4. The molecule has 0 saturated carbocycles. The Labute approximate surface area is 143 Å². The number of benzene rings is 1. The van der Waals surface area contributed by atoms with E-state index < -0.39 is 6.61 Å². The van der Waals surface area contributed by atoms with Crippen molar-refractivity contribution in [3.05, 3.63) is 22.2 Å². The number of alkyl halides is 2. The lowest BCUT2D eigenvalue weighted by Crippen LogP contribution is -2.39. The van der Waals surface area contributed by atoms with Crippen molar-refractivity contribution in [3.63, 3.8) is 0 Å². The Kier molecular flexibility index (Phi) is 6.61. The van der Waals surface area contributed by atoms with E-state index in [9.17, 15) is 13.9 Å². The Morgan fingerprint density at radius 2 is 2.17 bits per heavy atom. The lowest BCUT2D eigenvalue weighted by molar-refractivity contribution is -0.0517. The van der Waals surface area contributed by atoms with Gasteiger partial charge in [0.1, 0.15) is 0 Å². The summed E-state index contributed by atoms with van der Waals surface area (Å²) in [5.74, 6) is 0.557. The third-order valence-electron chi connectivity index (χ3n) is 4.13. The van der Waals surface area contributed by atoms with E-state index in [0.717, 1.165) is 31.5 Å². The number of rotatable bonds is 6. The molecule has 1 heterocycles. The Balaban J connectivity index is 2.12. The maximum absolute atomic E-state index is 12.5. The molecule has 4 nitrogen and oxygen atoms in total. The Morgan fingerprint density at radius 3 is 2.78 bits per heavy atom. The van der Waals surface area contributed by atoms with E-state index in [4.69, 9.17) is 4.74 Å². The highest BCUT2D eigenvalue weighted by Gasteiger charge is 2.24. The van der Waals surface area contributed by atoms with E-state index in [-0.39, 0.29) is 23.5 Å². The van der Waals surface area contributed by atoms with Crippen molar-refractivity contribution in [1.29, 1.82) is 0 Å². The van der Waals surface area contributed by atoms with Gasteiger partial charge in [0.05, 0.1) is 17.7 Å². The maximum atomic E-state index is 12.5. The molecule has 1 saturated heterocycles. The molecule has 1 fully saturated rings. The number of halogens is 3. The number of piperidine rings is 1. The Morgan fingerprint density at radius 1 is 1.43 bits per heavy atom. The van der Waals surface area contributed by atoms with Crippen LogP contribution in [0.5, 0.6) is 11.5 Å². The number of hydrogen-bond donors (Lipinski definition) is 1. The highest BCUT2D eigenvalue weighted by Crippen LogP contribution is 2.38. The van der Waals surface area contributed by atoms with Gasteiger partial charge in [0.15, 0.2) is 11.5 Å². The number of aliphatic hydroxyl groups excluding tert-OH is 1. The van der Waals surface area contributed by atoms with Gasteiger partial charge in [0.25, 0.3) is 0 Å². The SMILES string of the molecule is COc1cc(CN2CCC[C@@H]([C@@H](C)O)C2)cc(Br)c1OC(F)F. The highest BCUT2D eigenvalue weighted by atomic mass is 79.9. The predicted molar refractivity (Wildman–Crippen MR) is 87.0 cm³/mol. The molecule has 0 unspecified atom stereocenters. The van der Waals surface area contributed by atoms with Gasteiger partial charge in [-0.25, -0.2) is 0 Å². The number of methoxy groups -OCH3 is 1. The second-order valence-corrected chi connectivity index (χ2v) is 6.72. The molecule has 7 heteroatoms. The Bertz CT molecular complexity index is 528. The van der Waals surface area contributed by atoms with Crippen LogP contribution in [0.3, 0.4) is 0 Å². The minimum absolute atomic E-state index is 0.00625. The number of hydrogen-bond acceptors (Lipinski definition) is 4. The van der Waals surface area contributed by atoms with Gasteiger partial charge in [0, 0.05) is 13.1 Å². The second-order valence-electron chi connectivity index (χ2n) is 5.87.